The maximum absolute atomic E-state index is 10.0. The second kappa shape index (κ2) is 3.35. The Morgan fingerprint density at radius 3 is 3.13 bits per heavy atom. The number of benzene rings is 1. The molecule has 0 saturated carbocycles. The zero-order chi connectivity index (χ0) is 10.4. The van der Waals surface area contributed by atoms with Gasteiger partial charge in [0.1, 0.15) is 0 Å². The number of nitrogens with one attached hydrogen (secondary N) is 1. The van der Waals surface area contributed by atoms with E-state index in [1.165, 1.54) is 5.69 Å². The van der Waals surface area contributed by atoms with E-state index in [9.17, 15) is 5.11 Å². The number of rotatable bonds is 0. The lowest BCUT2D eigenvalue weighted by Gasteiger charge is -2.17. The van der Waals surface area contributed by atoms with Gasteiger partial charge in [0.05, 0.1) is 11.6 Å². The molecule has 0 saturated heterocycles. The van der Waals surface area contributed by atoms with Crippen LogP contribution in [0.1, 0.15) is 30.2 Å². The number of para-hydroxylation sites is 1. The van der Waals surface area contributed by atoms with Crippen molar-refractivity contribution in [2.45, 2.75) is 25.4 Å². The predicted molar refractivity (Wildman–Crippen MR) is 63.9 cm³/mol. The Kier molecular flexibility index (Phi) is 2.11. The normalized spacial score (nSPS) is 20.5. The Hall–Kier alpha value is -0.800. The third-order valence-electron chi connectivity index (χ3n) is 3.14. The summed E-state index contributed by atoms with van der Waals surface area (Å²) in [6, 6.07) is 6.11. The van der Waals surface area contributed by atoms with Crippen molar-refractivity contribution >= 4 is 26.8 Å². The first-order valence-electron chi connectivity index (χ1n) is 5.24. The molecule has 1 aromatic carbocycles. The lowest BCUT2D eigenvalue weighted by molar-refractivity contribution is 0.158. The summed E-state index contributed by atoms with van der Waals surface area (Å²) < 4.78 is 1.07. The minimum Gasteiger partial charge on any atom is -0.388 e. The summed E-state index contributed by atoms with van der Waals surface area (Å²) in [7, 11) is 0. The Morgan fingerprint density at radius 2 is 2.27 bits per heavy atom. The first-order chi connectivity index (χ1) is 7.27. The van der Waals surface area contributed by atoms with Crippen LogP contribution in [0.2, 0.25) is 0 Å². The maximum atomic E-state index is 10.0. The third-order valence-corrected chi connectivity index (χ3v) is 3.80. The number of hydrogen-bond donors (Lipinski definition) is 2. The molecule has 0 bridgehead atoms. The van der Waals surface area contributed by atoms with Gasteiger partial charge in [0.25, 0.3) is 0 Å². The first kappa shape index (κ1) is 9.43. The van der Waals surface area contributed by atoms with E-state index >= 15 is 0 Å². The standard InChI is InChI=1S/C12H12BrNO/c13-8-4-1-3-7-11-9(14-12(7)8)5-2-6-10(11)15/h1,3-4,10,14-15H,2,5-6H2. The number of aryl methyl sites for hydroxylation is 1. The lowest BCUT2D eigenvalue weighted by atomic mass is 9.93. The topological polar surface area (TPSA) is 36.0 Å². The SMILES string of the molecule is OC1CCCc2[nH]c3c(Br)cccc3c21. The number of aliphatic hydroxyl groups excluding tert-OH is 1. The molecule has 0 aliphatic heterocycles. The number of H-pyrrole nitrogens is 1. The molecular formula is C12H12BrNO. The van der Waals surface area contributed by atoms with Crippen molar-refractivity contribution in [1.29, 1.82) is 0 Å². The van der Waals surface area contributed by atoms with E-state index in [-0.39, 0.29) is 6.10 Å². The molecule has 3 rings (SSSR count). The van der Waals surface area contributed by atoms with Crippen LogP contribution in [0.15, 0.2) is 22.7 Å². The molecule has 0 radical (unpaired) electrons. The van der Waals surface area contributed by atoms with Crippen LogP contribution in [0.3, 0.4) is 0 Å². The lowest BCUT2D eigenvalue weighted by Crippen LogP contribution is -2.07. The van der Waals surface area contributed by atoms with E-state index in [1.807, 2.05) is 12.1 Å². The van der Waals surface area contributed by atoms with E-state index in [2.05, 4.69) is 27.0 Å². The van der Waals surface area contributed by atoms with E-state index in [0.29, 0.717) is 0 Å². The summed E-state index contributed by atoms with van der Waals surface area (Å²) in [5, 5.41) is 11.2. The van der Waals surface area contributed by atoms with Gasteiger partial charge in [0.15, 0.2) is 0 Å². The average Bonchev–Trinajstić information content (AvgIpc) is 2.59. The number of aromatic nitrogens is 1. The highest BCUT2D eigenvalue weighted by Gasteiger charge is 2.23. The number of fused-ring (bicyclic) bond motifs is 3. The molecular weight excluding hydrogens is 254 g/mol. The molecule has 15 heavy (non-hydrogen) atoms. The van der Waals surface area contributed by atoms with Gasteiger partial charge in [-0.25, -0.2) is 0 Å². The van der Waals surface area contributed by atoms with Gasteiger partial charge in [0.2, 0.25) is 0 Å². The molecule has 1 aliphatic rings. The molecule has 2 nitrogen and oxygen atoms in total. The smallest absolute Gasteiger partial charge is 0.0813 e. The fourth-order valence-electron chi connectivity index (χ4n) is 2.45. The average molecular weight is 266 g/mol. The van der Waals surface area contributed by atoms with Gasteiger partial charge in [-0.15, -0.1) is 0 Å². The summed E-state index contributed by atoms with van der Waals surface area (Å²) >= 11 is 3.53. The Labute approximate surface area is 96.4 Å². The van der Waals surface area contributed by atoms with Crippen molar-refractivity contribution in [3.8, 4) is 0 Å². The van der Waals surface area contributed by atoms with E-state index < -0.39 is 0 Å². The van der Waals surface area contributed by atoms with Gasteiger partial charge in [-0.1, -0.05) is 12.1 Å². The van der Waals surface area contributed by atoms with Crippen molar-refractivity contribution in [3.63, 3.8) is 0 Å². The second-order valence-electron chi connectivity index (χ2n) is 4.09. The predicted octanol–water partition coefficient (Wildman–Crippen LogP) is 3.30. The van der Waals surface area contributed by atoms with E-state index in [4.69, 9.17) is 0 Å². The number of aliphatic hydroxyl groups is 1. The van der Waals surface area contributed by atoms with Gasteiger partial charge >= 0.3 is 0 Å². The second-order valence-corrected chi connectivity index (χ2v) is 4.94. The number of hydrogen-bond acceptors (Lipinski definition) is 1. The van der Waals surface area contributed by atoms with Crippen molar-refractivity contribution < 1.29 is 5.11 Å². The van der Waals surface area contributed by atoms with Crippen LogP contribution in [0.25, 0.3) is 10.9 Å². The van der Waals surface area contributed by atoms with Crippen LogP contribution < -0.4 is 0 Å². The van der Waals surface area contributed by atoms with Crippen molar-refractivity contribution in [1.82, 2.24) is 4.98 Å². The zero-order valence-corrected chi connectivity index (χ0v) is 9.84. The summed E-state index contributed by atoms with van der Waals surface area (Å²) in [5.74, 6) is 0. The minimum absolute atomic E-state index is 0.295. The van der Waals surface area contributed by atoms with Crippen LogP contribution in [-0.2, 0) is 6.42 Å². The molecule has 1 aromatic heterocycles. The highest BCUT2D eigenvalue weighted by Crippen LogP contribution is 2.37. The van der Waals surface area contributed by atoms with Gasteiger partial charge < -0.3 is 10.1 Å². The van der Waals surface area contributed by atoms with E-state index in [1.54, 1.807) is 0 Å². The van der Waals surface area contributed by atoms with Gasteiger partial charge in [-0.3, -0.25) is 0 Å². The van der Waals surface area contributed by atoms with Crippen LogP contribution >= 0.6 is 15.9 Å². The van der Waals surface area contributed by atoms with Crippen molar-refractivity contribution in [2.24, 2.45) is 0 Å². The zero-order valence-electron chi connectivity index (χ0n) is 8.26. The monoisotopic (exact) mass is 265 g/mol. The van der Waals surface area contributed by atoms with Gasteiger partial charge in [0, 0.05) is 21.1 Å². The van der Waals surface area contributed by atoms with Crippen LogP contribution in [0, 0.1) is 0 Å². The molecule has 1 unspecified atom stereocenters. The fourth-order valence-corrected chi connectivity index (χ4v) is 2.92. The molecule has 2 aromatic rings. The van der Waals surface area contributed by atoms with Crippen LogP contribution in [0.5, 0.6) is 0 Å². The molecule has 3 heteroatoms. The fraction of sp³-hybridized carbons (Fsp3) is 0.333. The van der Waals surface area contributed by atoms with Crippen LogP contribution in [-0.4, -0.2) is 10.1 Å². The summed E-state index contributed by atoms with van der Waals surface area (Å²) in [4.78, 5) is 3.41. The Balaban J connectivity index is 2.36. The van der Waals surface area contributed by atoms with Crippen molar-refractivity contribution in [2.75, 3.05) is 0 Å². The third kappa shape index (κ3) is 1.34. The quantitative estimate of drug-likeness (QED) is 0.754. The Bertz CT molecular complexity index is 518. The molecule has 78 valence electrons. The molecule has 1 aliphatic carbocycles. The highest BCUT2D eigenvalue weighted by atomic mass is 79.9. The molecule has 0 amide bonds. The largest absolute Gasteiger partial charge is 0.388 e. The van der Waals surface area contributed by atoms with Crippen molar-refractivity contribution in [3.05, 3.63) is 33.9 Å². The first-order valence-corrected chi connectivity index (χ1v) is 6.03. The maximum Gasteiger partial charge on any atom is 0.0813 e. The molecule has 1 heterocycles. The Morgan fingerprint density at radius 1 is 1.40 bits per heavy atom. The van der Waals surface area contributed by atoms with Gasteiger partial charge in [-0.05, 0) is 41.3 Å². The summed E-state index contributed by atoms with van der Waals surface area (Å²) in [6.07, 6.45) is 2.70. The minimum atomic E-state index is -0.295. The molecule has 0 spiro atoms. The van der Waals surface area contributed by atoms with Gasteiger partial charge in [-0.2, -0.15) is 0 Å². The van der Waals surface area contributed by atoms with Crippen LogP contribution in [0.4, 0.5) is 0 Å². The summed E-state index contributed by atoms with van der Waals surface area (Å²) in [5.41, 5.74) is 3.43. The highest BCUT2D eigenvalue weighted by molar-refractivity contribution is 9.10. The molecule has 0 fully saturated rings. The summed E-state index contributed by atoms with van der Waals surface area (Å²) in [6.45, 7) is 0. The number of halogens is 1. The van der Waals surface area contributed by atoms with E-state index in [0.717, 1.165) is 40.2 Å². The molecule has 2 N–H and O–H groups in total. The molecule has 1 atom stereocenters. The number of aromatic amines is 1.